The van der Waals surface area contributed by atoms with Crippen molar-refractivity contribution in [3.63, 3.8) is 0 Å². The molecule has 9 heteroatoms. The first-order valence-corrected chi connectivity index (χ1v) is 8.05. The van der Waals surface area contributed by atoms with E-state index in [-0.39, 0.29) is 16.4 Å². The molecule has 0 aliphatic heterocycles. The maximum atomic E-state index is 14.4. The van der Waals surface area contributed by atoms with Crippen LogP contribution in [0.15, 0.2) is 52.1 Å². The number of halogens is 4. The highest BCUT2D eigenvalue weighted by Gasteiger charge is 2.33. The number of hydrogen-bond donors (Lipinski definition) is 1. The van der Waals surface area contributed by atoms with Crippen LogP contribution in [0, 0.1) is 19.7 Å². The third kappa shape index (κ3) is 3.68. The van der Waals surface area contributed by atoms with E-state index in [1.807, 2.05) is 0 Å². The molecular weight excluding hydrogens is 380 g/mol. The molecule has 5 nitrogen and oxygen atoms in total. The number of rotatable bonds is 3. The fourth-order valence-electron chi connectivity index (χ4n) is 2.59. The van der Waals surface area contributed by atoms with Gasteiger partial charge in [-0.1, -0.05) is 18.2 Å². The summed E-state index contributed by atoms with van der Waals surface area (Å²) in [4.78, 5) is 25.7. The van der Waals surface area contributed by atoms with E-state index in [1.54, 1.807) is 43.1 Å². The fourth-order valence-corrected chi connectivity index (χ4v) is 2.59. The van der Waals surface area contributed by atoms with E-state index < -0.39 is 34.6 Å². The van der Waals surface area contributed by atoms with E-state index in [9.17, 15) is 27.2 Å². The summed E-state index contributed by atoms with van der Waals surface area (Å²) >= 11 is 0. The molecule has 0 saturated heterocycles. The van der Waals surface area contributed by atoms with Crippen molar-refractivity contribution in [2.75, 3.05) is 0 Å². The van der Waals surface area contributed by atoms with Gasteiger partial charge in [-0.15, -0.1) is 0 Å². The minimum absolute atomic E-state index is 0.150. The van der Waals surface area contributed by atoms with E-state index >= 15 is 0 Å². The topological polar surface area (TPSA) is 64.1 Å². The molecule has 1 heterocycles. The van der Waals surface area contributed by atoms with Crippen molar-refractivity contribution in [2.45, 2.75) is 20.0 Å². The van der Waals surface area contributed by atoms with Gasteiger partial charge in [-0.25, -0.2) is 13.8 Å². The molecule has 2 aromatic carbocycles. The molecule has 0 amide bonds. The molecule has 3 aromatic rings. The number of aryl methyl sites for hydroxylation is 2. The Bertz CT molecular complexity index is 1130. The monoisotopic (exact) mass is 394 g/mol. The summed E-state index contributed by atoms with van der Waals surface area (Å²) in [6, 6.07) is 9.32. The summed E-state index contributed by atoms with van der Waals surface area (Å²) in [6.07, 6.45) is -4.91. The van der Waals surface area contributed by atoms with Crippen LogP contribution in [0.2, 0.25) is 0 Å². The lowest BCUT2D eigenvalue weighted by atomic mass is 10.1. The molecule has 0 bridgehead atoms. The van der Waals surface area contributed by atoms with E-state index in [2.05, 4.69) is 0 Å². The van der Waals surface area contributed by atoms with Crippen molar-refractivity contribution in [3.8, 4) is 17.2 Å². The van der Waals surface area contributed by atoms with E-state index in [0.717, 1.165) is 17.7 Å². The molecule has 1 aromatic heterocycles. The van der Waals surface area contributed by atoms with Gasteiger partial charge in [0.05, 0.1) is 5.69 Å². The summed E-state index contributed by atoms with van der Waals surface area (Å²) in [5.41, 5.74) is -3.60. The van der Waals surface area contributed by atoms with Crippen molar-refractivity contribution in [1.29, 1.82) is 0 Å². The van der Waals surface area contributed by atoms with Crippen LogP contribution >= 0.6 is 0 Å². The molecule has 0 saturated carbocycles. The SMILES string of the molecule is Cc1ccccc1Oc1cc(-n2c(=O)cc(C(F)(F)F)[nH]c2=O)c(F)cc1C. The Morgan fingerprint density at radius 2 is 1.64 bits per heavy atom. The molecular formula is C19H14F4N2O3. The first kappa shape index (κ1) is 19.4. The standard InChI is InChI=1S/C19H14F4N2O3/c1-10-5-3-4-6-14(10)28-15-8-13(12(20)7-11(15)2)25-17(26)9-16(19(21,22)23)24-18(25)27/h3-9H,1-2H3,(H,24,27). The summed E-state index contributed by atoms with van der Waals surface area (Å²) in [5.74, 6) is -0.337. The lowest BCUT2D eigenvalue weighted by Gasteiger charge is -2.14. The Morgan fingerprint density at radius 3 is 2.25 bits per heavy atom. The lowest BCUT2D eigenvalue weighted by molar-refractivity contribution is -0.141. The fraction of sp³-hybridized carbons (Fsp3) is 0.158. The van der Waals surface area contributed by atoms with Crippen LogP contribution in [0.4, 0.5) is 17.6 Å². The van der Waals surface area contributed by atoms with Gasteiger partial charge in [-0.2, -0.15) is 13.2 Å². The van der Waals surface area contributed by atoms with Crippen molar-refractivity contribution in [2.24, 2.45) is 0 Å². The number of ether oxygens (including phenoxy) is 1. The van der Waals surface area contributed by atoms with Crippen LogP contribution in [0.1, 0.15) is 16.8 Å². The third-order valence-electron chi connectivity index (χ3n) is 4.04. The molecule has 0 atom stereocenters. The van der Waals surface area contributed by atoms with Crippen molar-refractivity contribution in [3.05, 3.63) is 85.9 Å². The first-order valence-electron chi connectivity index (χ1n) is 8.05. The van der Waals surface area contributed by atoms with Crippen LogP contribution in [0.5, 0.6) is 11.5 Å². The van der Waals surface area contributed by atoms with Crippen molar-refractivity contribution in [1.82, 2.24) is 9.55 Å². The molecule has 0 aliphatic carbocycles. The summed E-state index contributed by atoms with van der Waals surface area (Å²) in [5, 5.41) is 0. The van der Waals surface area contributed by atoms with Crippen LogP contribution < -0.4 is 16.0 Å². The number of hydrogen-bond acceptors (Lipinski definition) is 3. The largest absolute Gasteiger partial charge is 0.457 e. The molecule has 3 rings (SSSR count). The Balaban J connectivity index is 2.15. The maximum Gasteiger partial charge on any atom is 0.431 e. The number of alkyl halides is 3. The van der Waals surface area contributed by atoms with Crippen LogP contribution in [-0.2, 0) is 6.18 Å². The van der Waals surface area contributed by atoms with Gasteiger partial charge in [0.2, 0.25) is 0 Å². The normalized spacial score (nSPS) is 11.5. The highest BCUT2D eigenvalue weighted by atomic mass is 19.4. The third-order valence-corrected chi connectivity index (χ3v) is 4.04. The number of nitrogens with one attached hydrogen (secondary N) is 1. The zero-order valence-electron chi connectivity index (χ0n) is 14.7. The average molecular weight is 394 g/mol. The molecule has 1 N–H and O–H groups in total. The van der Waals surface area contributed by atoms with Crippen LogP contribution in [-0.4, -0.2) is 9.55 Å². The predicted molar refractivity (Wildman–Crippen MR) is 93.6 cm³/mol. The molecule has 0 aliphatic rings. The van der Waals surface area contributed by atoms with Gasteiger partial charge < -0.3 is 9.72 Å². The molecule has 0 unspecified atom stereocenters. The molecule has 146 valence electrons. The summed E-state index contributed by atoms with van der Waals surface area (Å²) in [7, 11) is 0. The zero-order valence-corrected chi connectivity index (χ0v) is 14.7. The number of para-hydroxylation sites is 1. The van der Waals surface area contributed by atoms with E-state index in [4.69, 9.17) is 4.74 Å². The molecule has 28 heavy (non-hydrogen) atoms. The van der Waals surface area contributed by atoms with Gasteiger partial charge >= 0.3 is 11.9 Å². The number of aromatic nitrogens is 2. The Kier molecular flexibility index (Phi) is 4.84. The van der Waals surface area contributed by atoms with Gasteiger partial charge in [-0.3, -0.25) is 4.79 Å². The smallest absolute Gasteiger partial charge is 0.431 e. The lowest BCUT2D eigenvalue weighted by Crippen LogP contribution is -2.36. The second-order valence-electron chi connectivity index (χ2n) is 6.10. The van der Waals surface area contributed by atoms with Crippen molar-refractivity contribution >= 4 is 0 Å². The van der Waals surface area contributed by atoms with Gasteiger partial charge in [0.25, 0.3) is 5.56 Å². The van der Waals surface area contributed by atoms with Gasteiger partial charge in [0.15, 0.2) is 0 Å². The van der Waals surface area contributed by atoms with Crippen LogP contribution in [0.25, 0.3) is 5.69 Å². The highest BCUT2D eigenvalue weighted by Crippen LogP contribution is 2.30. The zero-order chi connectivity index (χ0) is 20.6. The van der Waals surface area contributed by atoms with Crippen LogP contribution in [0.3, 0.4) is 0 Å². The van der Waals surface area contributed by atoms with Crippen molar-refractivity contribution < 1.29 is 22.3 Å². The molecule has 0 radical (unpaired) electrons. The minimum atomic E-state index is -4.91. The number of aromatic amines is 1. The van der Waals surface area contributed by atoms with E-state index in [1.165, 1.54) is 0 Å². The second kappa shape index (κ2) is 6.99. The Hall–Kier alpha value is -3.36. The highest BCUT2D eigenvalue weighted by molar-refractivity contribution is 5.48. The predicted octanol–water partition coefficient (Wildman–Crippen LogP) is 4.09. The number of benzene rings is 2. The number of nitrogens with zero attached hydrogens (tertiary/aromatic N) is 1. The van der Waals surface area contributed by atoms with Gasteiger partial charge in [-0.05, 0) is 37.1 Å². The average Bonchev–Trinajstić information content (AvgIpc) is 2.59. The summed E-state index contributed by atoms with van der Waals surface area (Å²) in [6.45, 7) is 3.35. The Labute approximate surface area is 155 Å². The minimum Gasteiger partial charge on any atom is -0.457 e. The van der Waals surface area contributed by atoms with Gasteiger partial charge in [0.1, 0.15) is 23.0 Å². The molecule has 0 fully saturated rings. The molecule has 0 spiro atoms. The Morgan fingerprint density at radius 1 is 0.964 bits per heavy atom. The summed E-state index contributed by atoms with van der Waals surface area (Å²) < 4.78 is 58.7. The van der Waals surface area contributed by atoms with E-state index in [0.29, 0.717) is 11.3 Å². The second-order valence-corrected chi connectivity index (χ2v) is 6.10. The maximum absolute atomic E-state index is 14.4. The number of H-pyrrole nitrogens is 1. The first-order chi connectivity index (χ1) is 13.1. The van der Waals surface area contributed by atoms with Gasteiger partial charge in [0, 0.05) is 12.1 Å². The quantitative estimate of drug-likeness (QED) is 0.681.